The molecule has 19 heavy (non-hydrogen) atoms. The van der Waals surface area contributed by atoms with E-state index in [9.17, 15) is 9.90 Å². The molecule has 0 aliphatic heterocycles. The highest BCUT2D eigenvalue weighted by molar-refractivity contribution is 5.74. The van der Waals surface area contributed by atoms with Crippen molar-refractivity contribution in [2.45, 2.75) is 25.7 Å². The van der Waals surface area contributed by atoms with Gasteiger partial charge in [-0.25, -0.2) is 4.98 Å². The Balaban J connectivity index is 2.02. The summed E-state index contributed by atoms with van der Waals surface area (Å²) in [7, 11) is 0. The van der Waals surface area contributed by atoms with Crippen LogP contribution in [0, 0.1) is 12.8 Å². The van der Waals surface area contributed by atoms with Crippen LogP contribution >= 0.6 is 0 Å². The first-order chi connectivity index (χ1) is 9.15. The topological polar surface area (TPSA) is 63.3 Å². The number of rotatable bonds is 2. The maximum Gasteiger partial charge on any atom is 0.307 e. The van der Waals surface area contributed by atoms with Crippen LogP contribution in [0.4, 0.5) is 0 Å². The number of nitrogens with zero attached hydrogens (tertiary/aromatic N) is 1. The number of benzene rings is 1. The molecule has 0 fully saturated rings. The van der Waals surface area contributed by atoms with Crippen molar-refractivity contribution < 1.29 is 14.3 Å². The second kappa shape index (κ2) is 4.53. The molecule has 0 saturated heterocycles. The summed E-state index contributed by atoms with van der Waals surface area (Å²) < 4.78 is 5.76. The van der Waals surface area contributed by atoms with E-state index in [0.717, 1.165) is 16.7 Å². The highest BCUT2D eigenvalue weighted by Gasteiger charge is 2.33. The second-order valence-electron chi connectivity index (χ2n) is 5.02. The zero-order valence-corrected chi connectivity index (χ0v) is 10.7. The molecule has 4 nitrogen and oxygen atoms in total. The molecule has 1 aliphatic rings. The van der Waals surface area contributed by atoms with E-state index in [4.69, 9.17) is 4.42 Å². The number of aromatic nitrogens is 1. The van der Waals surface area contributed by atoms with Crippen LogP contribution in [-0.2, 0) is 4.79 Å². The standard InChI is InChI=1S/C15H15NO3/c1-9-6-7-12-13(8-9)19-14(16-12)10-4-2-3-5-11(10)15(17)18/h2-3,6-8,10-11H,4-5H2,1H3,(H,17,18). The van der Waals surface area contributed by atoms with Gasteiger partial charge in [0.15, 0.2) is 11.5 Å². The highest BCUT2D eigenvalue weighted by Crippen LogP contribution is 2.35. The lowest BCUT2D eigenvalue weighted by Crippen LogP contribution is -2.23. The summed E-state index contributed by atoms with van der Waals surface area (Å²) in [6.45, 7) is 1.99. The number of aliphatic carboxylic acids is 1. The van der Waals surface area contributed by atoms with Crippen LogP contribution in [0.3, 0.4) is 0 Å². The van der Waals surface area contributed by atoms with E-state index in [1.165, 1.54) is 0 Å². The minimum atomic E-state index is -0.784. The van der Waals surface area contributed by atoms with Crippen LogP contribution < -0.4 is 0 Å². The van der Waals surface area contributed by atoms with Gasteiger partial charge in [0.25, 0.3) is 0 Å². The minimum absolute atomic E-state index is 0.171. The Morgan fingerprint density at radius 1 is 1.37 bits per heavy atom. The summed E-state index contributed by atoms with van der Waals surface area (Å²) in [6, 6.07) is 5.82. The number of fused-ring (bicyclic) bond motifs is 1. The van der Waals surface area contributed by atoms with E-state index in [0.29, 0.717) is 18.7 Å². The number of aryl methyl sites for hydroxylation is 1. The van der Waals surface area contributed by atoms with E-state index in [1.807, 2.05) is 37.3 Å². The molecule has 98 valence electrons. The van der Waals surface area contributed by atoms with Crippen LogP contribution in [0.25, 0.3) is 11.1 Å². The van der Waals surface area contributed by atoms with Gasteiger partial charge in [0, 0.05) is 0 Å². The Kier molecular flexibility index (Phi) is 2.85. The number of carbonyl (C=O) groups is 1. The van der Waals surface area contributed by atoms with Crippen molar-refractivity contribution >= 4 is 17.1 Å². The smallest absolute Gasteiger partial charge is 0.307 e. The third kappa shape index (κ3) is 2.14. The average molecular weight is 257 g/mol. The van der Waals surface area contributed by atoms with Crippen molar-refractivity contribution in [2.24, 2.45) is 5.92 Å². The highest BCUT2D eigenvalue weighted by atomic mass is 16.4. The predicted octanol–water partition coefficient (Wildman–Crippen LogP) is 3.27. The van der Waals surface area contributed by atoms with Gasteiger partial charge in [0.05, 0.1) is 11.8 Å². The summed E-state index contributed by atoms with van der Waals surface area (Å²) in [5.41, 5.74) is 2.63. The third-order valence-corrected chi connectivity index (χ3v) is 3.63. The molecule has 2 atom stereocenters. The van der Waals surface area contributed by atoms with Gasteiger partial charge < -0.3 is 9.52 Å². The molecule has 2 aromatic rings. The molecule has 4 heteroatoms. The third-order valence-electron chi connectivity index (χ3n) is 3.63. The summed E-state index contributed by atoms with van der Waals surface area (Å²) >= 11 is 0. The van der Waals surface area contributed by atoms with E-state index < -0.39 is 11.9 Å². The first kappa shape index (κ1) is 12.0. The fourth-order valence-corrected chi connectivity index (χ4v) is 2.57. The first-order valence-electron chi connectivity index (χ1n) is 6.40. The van der Waals surface area contributed by atoms with Gasteiger partial charge in [-0.2, -0.15) is 0 Å². The van der Waals surface area contributed by atoms with Crippen molar-refractivity contribution in [3.8, 4) is 0 Å². The van der Waals surface area contributed by atoms with E-state index in [-0.39, 0.29) is 5.92 Å². The normalized spacial score (nSPS) is 22.8. The Morgan fingerprint density at radius 3 is 2.95 bits per heavy atom. The van der Waals surface area contributed by atoms with Crippen LogP contribution in [0.5, 0.6) is 0 Å². The van der Waals surface area contributed by atoms with Crippen molar-refractivity contribution in [2.75, 3.05) is 0 Å². The maximum atomic E-state index is 11.3. The fourth-order valence-electron chi connectivity index (χ4n) is 2.57. The lowest BCUT2D eigenvalue weighted by Gasteiger charge is -2.21. The zero-order valence-electron chi connectivity index (χ0n) is 10.7. The van der Waals surface area contributed by atoms with Crippen molar-refractivity contribution in [3.63, 3.8) is 0 Å². The molecule has 3 rings (SSSR count). The Hall–Kier alpha value is -2.10. The lowest BCUT2D eigenvalue weighted by atomic mass is 9.83. The van der Waals surface area contributed by atoms with Gasteiger partial charge in [-0.1, -0.05) is 18.2 Å². The van der Waals surface area contributed by atoms with Crippen molar-refractivity contribution in [3.05, 3.63) is 41.8 Å². The SMILES string of the molecule is Cc1ccc2nc(C3CC=CCC3C(=O)O)oc2c1. The van der Waals surface area contributed by atoms with Gasteiger partial charge in [-0.15, -0.1) is 0 Å². The number of oxazole rings is 1. The summed E-state index contributed by atoms with van der Waals surface area (Å²) in [5, 5.41) is 9.29. The van der Waals surface area contributed by atoms with Crippen LogP contribution in [-0.4, -0.2) is 16.1 Å². The quantitative estimate of drug-likeness (QED) is 0.839. The zero-order chi connectivity index (χ0) is 13.4. The minimum Gasteiger partial charge on any atom is -0.481 e. The summed E-state index contributed by atoms with van der Waals surface area (Å²) in [6.07, 6.45) is 5.13. The second-order valence-corrected chi connectivity index (χ2v) is 5.02. The molecule has 1 heterocycles. The monoisotopic (exact) mass is 257 g/mol. The van der Waals surface area contributed by atoms with Gasteiger partial charge in [-0.3, -0.25) is 4.79 Å². The summed E-state index contributed by atoms with van der Waals surface area (Å²) in [5.74, 6) is -0.862. The van der Waals surface area contributed by atoms with Gasteiger partial charge in [0.2, 0.25) is 0 Å². The fraction of sp³-hybridized carbons (Fsp3) is 0.333. The number of carboxylic acid groups (broad SMARTS) is 1. The molecule has 0 bridgehead atoms. The average Bonchev–Trinajstić information content (AvgIpc) is 2.81. The van der Waals surface area contributed by atoms with Crippen LogP contribution in [0.1, 0.15) is 30.2 Å². The molecule has 2 unspecified atom stereocenters. The molecule has 0 amide bonds. The number of carboxylic acids is 1. The Labute approximate surface area is 110 Å². The van der Waals surface area contributed by atoms with E-state index in [2.05, 4.69) is 4.98 Å². The number of hydrogen-bond acceptors (Lipinski definition) is 3. The Bertz CT molecular complexity index is 656. The van der Waals surface area contributed by atoms with Gasteiger partial charge in [-0.05, 0) is 37.5 Å². The lowest BCUT2D eigenvalue weighted by molar-refractivity contribution is -0.142. The van der Waals surface area contributed by atoms with Crippen LogP contribution in [0.15, 0.2) is 34.8 Å². The van der Waals surface area contributed by atoms with E-state index >= 15 is 0 Å². The predicted molar refractivity (Wildman–Crippen MR) is 71.0 cm³/mol. The molecule has 0 radical (unpaired) electrons. The molecule has 0 saturated carbocycles. The largest absolute Gasteiger partial charge is 0.481 e. The molecule has 1 aromatic carbocycles. The van der Waals surface area contributed by atoms with Crippen LogP contribution in [0.2, 0.25) is 0 Å². The molecule has 1 aromatic heterocycles. The number of allylic oxidation sites excluding steroid dienone is 2. The van der Waals surface area contributed by atoms with Crippen molar-refractivity contribution in [1.82, 2.24) is 4.98 Å². The molecular formula is C15H15NO3. The molecule has 0 spiro atoms. The van der Waals surface area contributed by atoms with E-state index in [1.54, 1.807) is 0 Å². The van der Waals surface area contributed by atoms with Gasteiger partial charge in [0.1, 0.15) is 5.52 Å². The number of hydrogen-bond donors (Lipinski definition) is 1. The molecule has 1 aliphatic carbocycles. The first-order valence-corrected chi connectivity index (χ1v) is 6.40. The Morgan fingerprint density at radius 2 is 2.16 bits per heavy atom. The molecule has 1 N–H and O–H groups in total. The summed E-state index contributed by atoms with van der Waals surface area (Å²) in [4.78, 5) is 15.8. The maximum absolute atomic E-state index is 11.3. The van der Waals surface area contributed by atoms with Crippen molar-refractivity contribution in [1.29, 1.82) is 0 Å². The van der Waals surface area contributed by atoms with Gasteiger partial charge >= 0.3 is 5.97 Å². The molecular weight excluding hydrogens is 242 g/mol.